The maximum Gasteiger partial charge on any atom is 0.168 e. The Bertz CT molecular complexity index is 580. The molecule has 0 N–H and O–H groups in total. The lowest BCUT2D eigenvalue weighted by Crippen LogP contribution is -2.09. The molecule has 0 unspecified atom stereocenters. The molecule has 1 aromatic carbocycles. The molecule has 0 amide bonds. The smallest absolute Gasteiger partial charge is 0.168 e. The fourth-order valence-corrected chi connectivity index (χ4v) is 2.53. The lowest BCUT2D eigenvalue weighted by Gasteiger charge is -2.12. The van der Waals surface area contributed by atoms with Crippen LogP contribution in [0.1, 0.15) is 61.3 Å². The number of aromatic nitrogens is 2. The minimum atomic E-state index is 0.132. The van der Waals surface area contributed by atoms with Crippen LogP contribution >= 0.6 is 0 Å². The van der Waals surface area contributed by atoms with Crippen LogP contribution in [0, 0.1) is 0 Å². The number of aryl methyl sites for hydroxylation is 1. The van der Waals surface area contributed by atoms with Gasteiger partial charge >= 0.3 is 0 Å². The van der Waals surface area contributed by atoms with E-state index in [1.54, 1.807) is 0 Å². The van der Waals surface area contributed by atoms with E-state index >= 15 is 0 Å². The Kier molecular flexibility index (Phi) is 5.32. The van der Waals surface area contributed by atoms with Crippen molar-refractivity contribution in [2.24, 2.45) is 0 Å². The third-order valence-corrected chi connectivity index (χ3v) is 4.01. The molecule has 2 rings (SSSR count). The van der Waals surface area contributed by atoms with Gasteiger partial charge in [0, 0.05) is 11.8 Å². The predicted octanol–water partition coefficient (Wildman–Crippen LogP) is 4.23. The summed E-state index contributed by atoms with van der Waals surface area (Å²) in [5.74, 6) is 0.132. The zero-order valence-corrected chi connectivity index (χ0v) is 13.2. The number of nitrogens with zero attached hydrogens (tertiary/aromatic N) is 2. The number of hydrogen-bond donors (Lipinski definition) is 0. The minimum absolute atomic E-state index is 0.132. The third-order valence-electron chi connectivity index (χ3n) is 4.01. The second kappa shape index (κ2) is 7.21. The van der Waals surface area contributed by atoms with Gasteiger partial charge in [-0.05, 0) is 30.9 Å². The molecule has 0 aliphatic carbocycles. The van der Waals surface area contributed by atoms with E-state index < -0.39 is 0 Å². The van der Waals surface area contributed by atoms with Crippen molar-refractivity contribution in [3.63, 3.8) is 0 Å². The topological polar surface area (TPSA) is 34.9 Å². The first-order chi connectivity index (χ1) is 10.2. The molecule has 2 aromatic rings. The molecule has 3 nitrogen and oxygen atoms in total. The zero-order valence-electron chi connectivity index (χ0n) is 13.2. The summed E-state index contributed by atoms with van der Waals surface area (Å²) in [6.07, 6.45) is 5.47. The van der Waals surface area contributed by atoms with Crippen LogP contribution in [-0.2, 0) is 12.8 Å². The zero-order chi connectivity index (χ0) is 15.2. The van der Waals surface area contributed by atoms with Crippen molar-refractivity contribution in [1.29, 1.82) is 0 Å². The summed E-state index contributed by atoms with van der Waals surface area (Å²) in [6, 6.07) is 10.3. The van der Waals surface area contributed by atoms with Crippen LogP contribution in [0.2, 0.25) is 0 Å². The highest BCUT2D eigenvalue weighted by molar-refractivity contribution is 5.97. The molecule has 0 bridgehead atoms. The monoisotopic (exact) mass is 284 g/mol. The minimum Gasteiger partial charge on any atom is -0.294 e. The lowest BCUT2D eigenvalue weighted by molar-refractivity contribution is 0.0991. The van der Waals surface area contributed by atoms with Gasteiger partial charge in [-0.1, -0.05) is 45.0 Å². The van der Waals surface area contributed by atoms with Gasteiger partial charge in [0.25, 0.3) is 0 Å². The van der Waals surface area contributed by atoms with Gasteiger partial charge in [-0.3, -0.25) is 9.48 Å². The first-order valence-electron chi connectivity index (χ1n) is 7.84. The highest BCUT2D eigenvalue weighted by Crippen LogP contribution is 2.15. The maximum absolute atomic E-state index is 12.3. The SMILES string of the molecule is CCc1ccc(C(=O)Cc2ccn(C(CC)CC)n2)cc1. The molecule has 21 heavy (non-hydrogen) atoms. The van der Waals surface area contributed by atoms with Crippen LogP contribution in [0.25, 0.3) is 0 Å². The molecule has 0 radical (unpaired) electrons. The molecule has 0 atom stereocenters. The number of ketones is 1. The van der Waals surface area contributed by atoms with Gasteiger partial charge in [-0.25, -0.2) is 0 Å². The number of Topliss-reactive ketones (excluding diaryl/α,β-unsaturated/α-hetero) is 1. The number of carbonyl (C=O) groups is 1. The van der Waals surface area contributed by atoms with Gasteiger partial charge in [0.1, 0.15) is 0 Å². The second-order valence-electron chi connectivity index (χ2n) is 5.41. The van der Waals surface area contributed by atoms with E-state index in [4.69, 9.17) is 0 Å². The highest BCUT2D eigenvalue weighted by Gasteiger charge is 2.12. The van der Waals surface area contributed by atoms with E-state index in [1.165, 1.54) is 5.56 Å². The second-order valence-corrected chi connectivity index (χ2v) is 5.41. The van der Waals surface area contributed by atoms with E-state index in [-0.39, 0.29) is 5.78 Å². The van der Waals surface area contributed by atoms with E-state index in [9.17, 15) is 4.79 Å². The molecule has 0 spiro atoms. The summed E-state index contributed by atoms with van der Waals surface area (Å²) in [4.78, 5) is 12.3. The number of rotatable bonds is 7. The van der Waals surface area contributed by atoms with E-state index in [0.29, 0.717) is 12.5 Å². The van der Waals surface area contributed by atoms with Crippen molar-refractivity contribution in [3.05, 3.63) is 53.3 Å². The summed E-state index contributed by atoms with van der Waals surface area (Å²) in [6.45, 7) is 6.44. The Morgan fingerprint density at radius 1 is 1.10 bits per heavy atom. The lowest BCUT2D eigenvalue weighted by atomic mass is 10.0. The van der Waals surface area contributed by atoms with Crippen LogP contribution in [0.5, 0.6) is 0 Å². The molecule has 0 saturated heterocycles. The van der Waals surface area contributed by atoms with Gasteiger partial charge in [-0.15, -0.1) is 0 Å². The summed E-state index contributed by atoms with van der Waals surface area (Å²) in [7, 11) is 0. The molecule has 0 aliphatic heterocycles. The summed E-state index contributed by atoms with van der Waals surface area (Å²) >= 11 is 0. The van der Waals surface area contributed by atoms with Gasteiger partial charge in [0.2, 0.25) is 0 Å². The predicted molar refractivity (Wildman–Crippen MR) is 85.7 cm³/mol. The molecule has 0 saturated carbocycles. The number of carbonyl (C=O) groups excluding carboxylic acids is 1. The van der Waals surface area contributed by atoms with E-state index in [1.807, 2.05) is 41.2 Å². The molecule has 3 heteroatoms. The largest absolute Gasteiger partial charge is 0.294 e. The van der Waals surface area contributed by atoms with Crippen LogP contribution < -0.4 is 0 Å². The fraction of sp³-hybridized carbons (Fsp3) is 0.444. The standard InChI is InChI=1S/C18H24N2O/c1-4-14-7-9-15(10-8-14)18(21)13-16-11-12-20(19-16)17(5-2)6-3/h7-12,17H,4-6,13H2,1-3H3. The third kappa shape index (κ3) is 3.81. The number of benzene rings is 1. The molecule has 1 aromatic heterocycles. The summed E-state index contributed by atoms with van der Waals surface area (Å²) < 4.78 is 1.99. The van der Waals surface area contributed by atoms with Gasteiger partial charge in [0.15, 0.2) is 5.78 Å². The highest BCUT2D eigenvalue weighted by atomic mass is 16.1. The normalized spacial score (nSPS) is 11.0. The maximum atomic E-state index is 12.3. The Balaban J connectivity index is 2.05. The Morgan fingerprint density at radius 3 is 2.33 bits per heavy atom. The van der Waals surface area contributed by atoms with E-state index in [2.05, 4.69) is 25.9 Å². The van der Waals surface area contributed by atoms with Crippen LogP contribution in [0.4, 0.5) is 0 Å². The molecule has 0 aliphatic rings. The Labute approximate surface area is 127 Å². The van der Waals surface area contributed by atoms with Crippen molar-refractivity contribution >= 4 is 5.78 Å². The van der Waals surface area contributed by atoms with Crippen LogP contribution in [0.3, 0.4) is 0 Å². The van der Waals surface area contributed by atoms with E-state index in [0.717, 1.165) is 30.5 Å². The fourth-order valence-electron chi connectivity index (χ4n) is 2.53. The summed E-state index contributed by atoms with van der Waals surface area (Å²) in [5.41, 5.74) is 2.88. The average molecular weight is 284 g/mol. The van der Waals surface area contributed by atoms with Crippen LogP contribution in [0.15, 0.2) is 36.5 Å². The first kappa shape index (κ1) is 15.5. The van der Waals surface area contributed by atoms with Gasteiger partial charge < -0.3 is 0 Å². The first-order valence-corrected chi connectivity index (χ1v) is 7.84. The van der Waals surface area contributed by atoms with Crippen molar-refractivity contribution < 1.29 is 4.79 Å². The van der Waals surface area contributed by atoms with Crippen molar-refractivity contribution in [1.82, 2.24) is 9.78 Å². The van der Waals surface area contributed by atoms with Crippen LogP contribution in [-0.4, -0.2) is 15.6 Å². The quantitative estimate of drug-likeness (QED) is 0.713. The molecule has 1 heterocycles. The average Bonchev–Trinajstić information content (AvgIpc) is 2.97. The van der Waals surface area contributed by atoms with Gasteiger partial charge in [-0.2, -0.15) is 5.10 Å². The van der Waals surface area contributed by atoms with Crippen molar-refractivity contribution in [2.45, 2.75) is 52.5 Å². The Morgan fingerprint density at radius 2 is 1.76 bits per heavy atom. The Hall–Kier alpha value is -1.90. The summed E-state index contributed by atoms with van der Waals surface area (Å²) in [5, 5.41) is 4.55. The molecule has 0 fully saturated rings. The van der Waals surface area contributed by atoms with Crippen molar-refractivity contribution in [2.75, 3.05) is 0 Å². The molecule has 112 valence electrons. The molecular weight excluding hydrogens is 260 g/mol. The van der Waals surface area contributed by atoms with Crippen molar-refractivity contribution in [3.8, 4) is 0 Å². The molecular formula is C18H24N2O. The number of hydrogen-bond acceptors (Lipinski definition) is 2. The van der Waals surface area contributed by atoms with Gasteiger partial charge in [0.05, 0.1) is 18.2 Å².